The lowest BCUT2D eigenvalue weighted by Gasteiger charge is -2.28. The average Bonchev–Trinajstić information content (AvgIpc) is 2.86. The number of hydrogen-bond acceptors (Lipinski definition) is 5. The second-order valence-electron chi connectivity index (χ2n) is 8.54. The lowest BCUT2D eigenvalue weighted by atomic mass is 9.99. The molecule has 2 aliphatic rings. The van der Waals surface area contributed by atoms with E-state index in [9.17, 15) is 4.79 Å². The summed E-state index contributed by atoms with van der Waals surface area (Å²) in [6, 6.07) is 24.0. The third-order valence-corrected chi connectivity index (χ3v) is 6.15. The molecule has 0 saturated carbocycles. The maximum absolute atomic E-state index is 12.7. The van der Waals surface area contributed by atoms with E-state index in [0.717, 1.165) is 50.6 Å². The highest BCUT2D eigenvalue weighted by Gasteiger charge is 2.16. The molecule has 0 aliphatic carbocycles. The van der Waals surface area contributed by atoms with Crippen LogP contribution in [0.3, 0.4) is 0 Å². The van der Waals surface area contributed by atoms with E-state index in [4.69, 9.17) is 9.57 Å². The normalized spacial score (nSPS) is 16.7. The van der Waals surface area contributed by atoms with Gasteiger partial charge in [0.05, 0.1) is 26.3 Å². The van der Waals surface area contributed by atoms with Crippen molar-refractivity contribution >= 4 is 11.6 Å². The Balaban J connectivity index is 1.14. The van der Waals surface area contributed by atoms with Crippen LogP contribution in [-0.4, -0.2) is 48.7 Å². The van der Waals surface area contributed by atoms with E-state index >= 15 is 0 Å². The van der Waals surface area contributed by atoms with Crippen LogP contribution >= 0.6 is 0 Å². The molecule has 0 aromatic heterocycles. The minimum Gasteiger partial charge on any atom is -0.406 e. The summed E-state index contributed by atoms with van der Waals surface area (Å²) in [6.07, 6.45) is 1.09. The number of hydroxylamine groups is 2. The highest BCUT2D eigenvalue weighted by atomic mass is 16.7. The quantitative estimate of drug-likeness (QED) is 0.621. The topological polar surface area (TPSA) is 54.0 Å². The molecule has 33 heavy (non-hydrogen) atoms. The van der Waals surface area contributed by atoms with Gasteiger partial charge in [-0.1, -0.05) is 36.4 Å². The SMILES string of the molecule is O=C(Nc1ccc(ON2CCOCC2)cc1)c1ccc(CN2CCc3ccccc3C2)cc1. The van der Waals surface area contributed by atoms with Crippen LogP contribution in [0, 0.1) is 0 Å². The Kier molecular flexibility index (Phi) is 6.67. The van der Waals surface area contributed by atoms with Gasteiger partial charge in [0.2, 0.25) is 0 Å². The molecule has 0 atom stereocenters. The van der Waals surface area contributed by atoms with Crippen molar-refractivity contribution in [2.45, 2.75) is 19.5 Å². The number of ether oxygens (including phenoxy) is 1. The lowest BCUT2D eigenvalue weighted by molar-refractivity contribution is -0.118. The van der Waals surface area contributed by atoms with Crippen molar-refractivity contribution < 1.29 is 14.4 Å². The Morgan fingerprint density at radius 3 is 2.36 bits per heavy atom. The van der Waals surface area contributed by atoms with E-state index in [1.165, 1.54) is 16.7 Å². The van der Waals surface area contributed by atoms with Gasteiger partial charge in [-0.2, -0.15) is 0 Å². The molecule has 1 N–H and O–H groups in total. The van der Waals surface area contributed by atoms with Gasteiger partial charge in [-0.05, 0) is 59.5 Å². The Morgan fingerprint density at radius 2 is 1.61 bits per heavy atom. The molecule has 0 bridgehead atoms. The number of rotatable bonds is 6. The van der Waals surface area contributed by atoms with Gasteiger partial charge in [-0.25, -0.2) is 0 Å². The largest absolute Gasteiger partial charge is 0.406 e. The van der Waals surface area contributed by atoms with Crippen molar-refractivity contribution in [3.63, 3.8) is 0 Å². The summed E-state index contributed by atoms with van der Waals surface area (Å²) in [5.41, 5.74) is 5.49. The van der Waals surface area contributed by atoms with E-state index in [1.807, 2.05) is 41.5 Å². The molecule has 6 heteroatoms. The molecule has 170 valence electrons. The Hall–Kier alpha value is -3.19. The summed E-state index contributed by atoms with van der Waals surface area (Å²) in [5, 5.41) is 4.85. The lowest BCUT2D eigenvalue weighted by Crippen LogP contribution is -2.38. The number of benzene rings is 3. The van der Waals surface area contributed by atoms with Crippen molar-refractivity contribution in [2.24, 2.45) is 0 Å². The molecule has 0 radical (unpaired) electrons. The number of morpholine rings is 1. The predicted molar refractivity (Wildman–Crippen MR) is 128 cm³/mol. The number of nitrogens with one attached hydrogen (secondary N) is 1. The first-order valence-corrected chi connectivity index (χ1v) is 11.5. The minimum atomic E-state index is -0.115. The summed E-state index contributed by atoms with van der Waals surface area (Å²) in [4.78, 5) is 21.0. The molecule has 1 fully saturated rings. The summed E-state index contributed by atoms with van der Waals surface area (Å²) >= 11 is 0. The predicted octanol–water partition coefficient (Wildman–Crippen LogP) is 4.12. The molecule has 0 unspecified atom stereocenters. The summed E-state index contributed by atoms with van der Waals surface area (Å²) in [7, 11) is 0. The van der Waals surface area contributed by atoms with Crippen molar-refractivity contribution in [1.82, 2.24) is 9.96 Å². The summed E-state index contributed by atoms with van der Waals surface area (Å²) < 4.78 is 5.33. The Morgan fingerprint density at radius 1 is 0.879 bits per heavy atom. The van der Waals surface area contributed by atoms with Crippen LogP contribution in [0.4, 0.5) is 5.69 Å². The summed E-state index contributed by atoms with van der Waals surface area (Å²) in [6.45, 7) is 5.78. The van der Waals surface area contributed by atoms with Crippen LogP contribution in [0.15, 0.2) is 72.8 Å². The molecule has 5 rings (SSSR count). The van der Waals surface area contributed by atoms with Crippen LogP contribution in [0.1, 0.15) is 27.0 Å². The maximum Gasteiger partial charge on any atom is 0.255 e. The molecule has 2 aliphatic heterocycles. The zero-order valence-electron chi connectivity index (χ0n) is 18.7. The second kappa shape index (κ2) is 10.2. The smallest absolute Gasteiger partial charge is 0.255 e. The van der Waals surface area contributed by atoms with Gasteiger partial charge >= 0.3 is 0 Å². The number of carbonyl (C=O) groups excluding carboxylic acids is 1. The standard InChI is InChI=1S/C27H29N3O3/c31-27(28-25-9-11-26(12-10-25)33-30-15-17-32-18-16-30)23-7-5-21(6-8-23)19-29-14-13-22-3-1-2-4-24(22)20-29/h1-12H,13-20H2,(H,28,31). The number of hydrogen-bond donors (Lipinski definition) is 1. The van der Waals surface area contributed by atoms with Gasteiger partial charge in [0.25, 0.3) is 5.91 Å². The number of fused-ring (bicyclic) bond motifs is 1. The van der Waals surface area contributed by atoms with E-state index < -0.39 is 0 Å². The van der Waals surface area contributed by atoms with Gasteiger partial charge in [0, 0.05) is 30.9 Å². The van der Waals surface area contributed by atoms with Gasteiger partial charge in [0.1, 0.15) is 5.75 Å². The van der Waals surface area contributed by atoms with Gasteiger partial charge in [-0.3, -0.25) is 9.69 Å². The van der Waals surface area contributed by atoms with E-state index in [-0.39, 0.29) is 5.91 Å². The van der Waals surface area contributed by atoms with E-state index in [1.54, 1.807) is 0 Å². The maximum atomic E-state index is 12.7. The number of nitrogens with zero attached hydrogens (tertiary/aromatic N) is 2. The van der Waals surface area contributed by atoms with Crippen LogP contribution < -0.4 is 10.2 Å². The van der Waals surface area contributed by atoms with Crippen molar-refractivity contribution in [2.75, 3.05) is 38.2 Å². The second-order valence-corrected chi connectivity index (χ2v) is 8.54. The molecule has 2 heterocycles. The first kappa shape index (κ1) is 21.6. The molecule has 3 aromatic carbocycles. The van der Waals surface area contributed by atoms with Crippen molar-refractivity contribution in [3.05, 3.63) is 95.1 Å². The molecule has 6 nitrogen and oxygen atoms in total. The zero-order chi connectivity index (χ0) is 22.5. The minimum absolute atomic E-state index is 0.115. The molecular formula is C27H29N3O3. The Labute approximate surface area is 194 Å². The molecule has 3 aromatic rings. The van der Waals surface area contributed by atoms with Gasteiger partial charge in [0.15, 0.2) is 0 Å². The average molecular weight is 444 g/mol. The molecule has 1 amide bonds. The molecular weight excluding hydrogens is 414 g/mol. The van der Waals surface area contributed by atoms with E-state index in [0.29, 0.717) is 18.8 Å². The number of carbonyl (C=O) groups is 1. The van der Waals surface area contributed by atoms with Crippen LogP contribution in [-0.2, 0) is 24.2 Å². The zero-order valence-corrected chi connectivity index (χ0v) is 18.7. The van der Waals surface area contributed by atoms with Crippen LogP contribution in [0.2, 0.25) is 0 Å². The summed E-state index contributed by atoms with van der Waals surface area (Å²) in [5.74, 6) is 0.634. The fraction of sp³-hybridized carbons (Fsp3) is 0.296. The van der Waals surface area contributed by atoms with Crippen LogP contribution in [0.25, 0.3) is 0 Å². The molecule has 1 saturated heterocycles. The third-order valence-electron chi connectivity index (χ3n) is 6.15. The first-order valence-electron chi connectivity index (χ1n) is 11.5. The van der Waals surface area contributed by atoms with Gasteiger partial charge < -0.3 is 14.9 Å². The monoisotopic (exact) mass is 443 g/mol. The third kappa shape index (κ3) is 5.60. The fourth-order valence-corrected chi connectivity index (χ4v) is 4.30. The van der Waals surface area contributed by atoms with Crippen molar-refractivity contribution in [3.8, 4) is 5.75 Å². The van der Waals surface area contributed by atoms with Gasteiger partial charge in [-0.15, -0.1) is 5.06 Å². The van der Waals surface area contributed by atoms with E-state index in [2.05, 4.69) is 46.6 Å². The highest BCUT2D eigenvalue weighted by molar-refractivity contribution is 6.04. The highest BCUT2D eigenvalue weighted by Crippen LogP contribution is 2.21. The van der Waals surface area contributed by atoms with Crippen molar-refractivity contribution in [1.29, 1.82) is 0 Å². The van der Waals surface area contributed by atoms with Crippen LogP contribution in [0.5, 0.6) is 5.75 Å². The first-order chi connectivity index (χ1) is 16.2. The Bertz CT molecular complexity index is 1080. The number of amides is 1. The molecule has 0 spiro atoms. The number of anilines is 1. The fourth-order valence-electron chi connectivity index (χ4n) is 4.30.